The molecule has 2 aromatic rings. The minimum Gasteiger partial charge on any atom is -0.309 e. The highest BCUT2D eigenvalue weighted by Crippen LogP contribution is 2.15. The van der Waals surface area contributed by atoms with Gasteiger partial charge in [0.05, 0.1) is 11.2 Å². The van der Waals surface area contributed by atoms with Crippen molar-refractivity contribution in [3.63, 3.8) is 0 Å². The number of fused-ring (bicyclic) bond motifs is 1. The van der Waals surface area contributed by atoms with Gasteiger partial charge in [-0.3, -0.25) is 4.98 Å². The number of para-hydroxylation sites is 1. The first-order chi connectivity index (χ1) is 7.31. The number of nitrogens with zero attached hydrogens (tertiary/aromatic N) is 1. The van der Waals surface area contributed by atoms with Crippen molar-refractivity contribution < 1.29 is 0 Å². The third-order valence-electron chi connectivity index (χ3n) is 2.57. The summed E-state index contributed by atoms with van der Waals surface area (Å²) in [4.78, 5) is 4.63. The lowest BCUT2D eigenvalue weighted by Crippen LogP contribution is -2.18. The van der Waals surface area contributed by atoms with E-state index in [2.05, 4.69) is 48.4 Å². The topological polar surface area (TPSA) is 24.9 Å². The normalized spacial score (nSPS) is 12.9. The van der Waals surface area contributed by atoms with E-state index in [1.165, 1.54) is 5.39 Å². The average Bonchev–Trinajstić information content (AvgIpc) is 2.29. The van der Waals surface area contributed by atoms with E-state index in [0.717, 1.165) is 17.8 Å². The molecule has 1 aromatic heterocycles. The fraction of sp³-hybridized carbons (Fsp3) is 0.308. The second kappa shape index (κ2) is 4.41. The molecule has 0 radical (unpaired) electrons. The summed E-state index contributed by atoms with van der Waals surface area (Å²) in [5.74, 6) is 0. The number of pyridine rings is 1. The zero-order valence-corrected chi connectivity index (χ0v) is 9.20. The van der Waals surface area contributed by atoms with Crippen molar-refractivity contribution >= 4 is 10.9 Å². The largest absolute Gasteiger partial charge is 0.309 e. The van der Waals surface area contributed by atoms with Crippen LogP contribution in [0.25, 0.3) is 10.9 Å². The van der Waals surface area contributed by atoms with Gasteiger partial charge in [-0.2, -0.15) is 0 Å². The molecule has 78 valence electrons. The fourth-order valence-electron chi connectivity index (χ4n) is 1.73. The monoisotopic (exact) mass is 200 g/mol. The Morgan fingerprint density at radius 3 is 2.80 bits per heavy atom. The molecule has 0 amide bonds. The summed E-state index contributed by atoms with van der Waals surface area (Å²) in [6.45, 7) is 5.22. The molecule has 1 aromatic carbocycles. The van der Waals surface area contributed by atoms with Crippen molar-refractivity contribution in [2.24, 2.45) is 0 Å². The smallest absolute Gasteiger partial charge is 0.0706 e. The maximum atomic E-state index is 4.63. The summed E-state index contributed by atoms with van der Waals surface area (Å²) < 4.78 is 0. The second-order valence-electron chi connectivity index (χ2n) is 3.71. The Hall–Kier alpha value is -1.41. The van der Waals surface area contributed by atoms with Gasteiger partial charge in [0.25, 0.3) is 0 Å². The van der Waals surface area contributed by atoms with Crippen LogP contribution < -0.4 is 5.32 Å². The molecule has 0 aliphatic carbocycles. The van der Waals surface area contributed by atoms with Crippen LogP contribution in [-0.2, 0) is 0 Å². The van der Waals surface area contributed by atoms with Crippen LogP contribution in [0, 0.1) is 0 Å². The van der Waals surface area contributed by atoms with E-state index in [0.29, 0.717) is 6.04 Å². The van der Waals surface area contributed by atoms with Crippen molar-refractivity contribution in [1.29, 1.82) is 0 Å². The molecule has 0 aliphatic rings. The summed E-state index contributed by atoms with van der Waals surface area (Å²) >= 11 is 0. The molecule has 0 fully saturated rings. The molecular weight excluding hydrogens is 184 g/mol. The number of rotatable bonds is 3. The number of benzene rings is 1. The SMILES string of the molecule is CCNC(C)c1ccc2ccccc2n1. The maximum absolute atomic E-state index is 4.63. The Kier molecular flexibility index (Phi) is 2.97. The van der Waals surface area contributed by atoms with Gasteiger partial charge < -0.3 is 5.32 Å². The van der Waals surface area contributed by atoms with Gasteiger partial charge in [0.2, 0.25) is 0 Å². The van der Waals surface area contributed by atoms with Crippen molar-refractivity contribution in [1.82, 2.24) is 10.3 Å². The van der Waals surface area contributed by atoms with E-state index in [-0.39, 0.29) is 0 Å². The Bertz CT molecular complexity index is 451. The van der Waals surface area contributed by atoms with Crippen molar-refractivity contribution in [2.75, 3.05) is 6.54 Å². The van der Waals surface area contributed by atoms with Gasteiger partial charge in [-0.05, 0) is 25.6 Å². The van der Waals surface area contributed by atoms with E-state index >= 15 is 0 Å². The predicted octanol–water partition coefficient (Wildman–Crippen LogP) is 2.91. The van der Waals surface area contributed by atoms with Gasteiger partial charge in [-0.1, -0.05) is 31.2 Å². The summed E-state index contributed by atoms with van der Waals surface area (Å²) in [6, 6.07) is 12.7. The molecule has 1 unspecified atom stereocenters. The minimum atomic E-state index is 0.319. The summed E-state index contributed by atoms with van der Waals surface area (Å²) in [6.07, 6.45) is 0. The lowest BCUT2D eigenvalue weighted by atomic mass is 10.1. The van der Waals surface area contributed by atoms with Crippen LogP contribution in [0.4, 0.5) is 0 Å². The number of nitrogens with one attached hydrogen (secondary N) is 1. The molecule has 2 nitrogen and oxygen atoms in total. The van der Waals surface area contributed by atoms with Gasteiger partial charge in [0, 0.05) is 11.4 Å². The van der Waals surface area contributed by atoms with Gasteiger partial charge in [0.1, 0.15) is 0 Å². The van der Waals surface area contributed by atoms with Crippen LogP contribution in [-0.4, -0.2) is 11.5 Å². The lowest BCUT2D eigenvalue weighted by molar-refractivity contribution is 0.585. The molecular formula is C13H16N2. The zero-order chi connectivity index (χ0) is 10.7. The van der Waals surface area contributed by atoms with Crippen LogP contribution in [0.5, 0.6) is 0 Å². The van der Waals surface area contributed by atoms with E-state index in [9.17, 15) is 0 Å². The first-order valence-corrected chi connectivity index (χ1v) is 5.40. The average molecular weight is 200 g/mol. The van der Waals surface area contributed by atoms with E-state index in [1.807, 2.05) is 12.1 Å². The first kappa shape index (κ1) is 10.1. The highest BCUT2D eigenvalue weighted by Gasteiger charge is 2.05. The Morgan fingerprint density at radius 1 is 1.20 bits per heavy atom. The molecule has 0 bridgehead atoms. The molecule has 1 atom stereocenters. The van der Waals surface area contributed by atoms with Gasteiger partial charge in [0.15, 0.2) is 0 Å². The summed E-state index contributed by atoms with van der Waals surface area (Å²) in [7, 11) is 0. The van der Waals surface area contributed by atoms with Crippen LogP contribution >= 0.6 is 0 Å². The molecule has 2 heteroatoms. The molecule has 0 spiro atoms. The third-order valence-corrected chi connectivity index (χ3v) is 2.57. The van der Waals surface area contributed by atoms with Gasteiger partial charge in [-0.25, -0.2) is 0 Å². The third kappa shape index (κ3) is 2.16. The van der Waals surface area contributed by atoms with Crippen LogP contribution in [0.15, 0.2) is 36.4 Å². The molecule has 0 saturated carbocycles. The number of aromatic nitrogens is 1. The standard InChI is InChI=1S/C13H16N2/c1-3-14-10(2)12-9-8-11-6-4-5-7-13(11)15-12/h4-10,14H,3H2,1-2H3. The zero-order valence-electron chi connectivity index (χ0n) is 9.20. The van der Waals surface area contributed by atoms with Crippen molar-refractivity contribution in [2.45, 2.75) is 19.9 Å². The molecule has 2 rings (SSSR count). The Balaban J connectivity index is 2.38. The van der Waals surface area contributed by atoms with Crippen molar-refractivity contribution in [3.05, 3.63) is 42.1 Å². The fourth-order valence-corrected chi connectivity index (χ4v) is 1.73. The van der Waals surface area contributed by atoms with Crippen LogP contribution in [0.3, 0.4) is 0 Å². The molecule has 0 saturated heterocycles. The number of hydrogen-bond acceptors (Lipinski definition) is 2. The van der Waals surface area contributed by atoms with E-state index < -0.39 is 0 Å². The molecule has 15 heavy (non-hydrogen) atoms. The number of hydrogen-bond donors (Lipinski definition) is 1. The van der Waals surface area contributed by atoms with E-state index in [4.69, 9.17) is 0 Å². The summed E-state index contributed by atoms with van der Waals surface area (Å²) in [5, 5.41) is 4.56. The van der Waals surface area contributed by atoms with E-state index in [1.54, 1.807) is 0 Å². The predicted molar refractivity (Wildman–Crippen MR) is 63.8 cm³/mol. The summed E-state index contributed by atoms with van der Waals surface area (Å²) in [5.41, 5.74) is 2.18. The Labute approximate surface area is 90.3 Å². The van der Waals surface area contributed by atoms with Crippen molar-refractivity contribution in [3.8, 4) is 0 Å². The van der Waals surface area contributed by atoms with Gasteiger partial charge in [-0.15, -0.1) is 0 Å². The first-order valence-electron chi connectivity index (χ1n) is 5.40. The second-order valence-corrected chi connectivity index (χ2v) is 3.71. The molecule has 0 aliphatic heterocycles. The van der Waals surface area contributed by atoms with Crippen LogP contribution in [0.2, 0.25) is 0 Å². The minimum absolute atomic E-state index is 0.319. The molecule has 1 heterocycles. The molecule has 1 N–H and O–H groups in total. The highest BCUT2D eigenvalue weighted by molar-refractivity contribution is 5.78. The Morgan fingerprint density at radius 2 is 2.00 bits per heavy atom. The quantitative estimate of drug-likeness (QED) is 0.824. The van der Waals surface area contributed by atoms with Gasteiger partial charge >= 0.3 is 0 Å². The highest BCUT2D eigenvalue weighted by atomic mass is 14.9. The lowest BCUT2D eigenvalue weighted by Gasteiger charge is -2.12. The maximum Gasteiger partial charge on any atom is 0.0706 e. The van der Waals surface area contributed by atoms with Crippen LogP contribution in [0.1, 0.15) is 25.6 Å².